The maximum atomic E-state index is 12.3. The van der Waals surface area contributed by atoms with E-state index in [0.29, 0.717) is 23.2 Å². The highest BCUT2D eigenvalue weighted by Crippen LogP contribution is 2.38. The molecule has 122 valence electrons. The first-order valence-electron chi connectivity index (χ1n) is 6.95. The zero-order valence-electron chi connectivity index (χ0n) is 12.2. The number of aromatic nitrogens is 2. The van der Waals surface area contributed by atoms with E-state index in [0.717, 1.165) is 19.5 Å². The maximum Gasteiger partial charge on any atom is 0.422 e. The first kappa shape index (κ1) is 14.9. The molecule has 10 heteroatoms. The molecule has 3 rings (SSSR count). The summed E-state index contributed by atoms with van der Waals surface area (Å²) in [5, 5.41) is 1.57. The second-order valence-electron chi connectivity index (χ2n) is 5.58. The first-order valence-corrected chi connectivity index (χ1v) is 6.95. The summed E-state index contributed by atoms with van der Waals surface area (Å²) in [6.45, 7) is 2.31. The molecule has 0 saturated carbocycles. The largest absolute Gasteiger partial charge is 0.454 e. The van der Waals surface area contributed by atoms with Gasteiger partial charge in [0.15, 0.2) is 18.2 Å². The first-order chi connectivity index (χ1) is 10.3. The van der Waals surface area contributed by atoms with Crippen molar-refractivity contribution in [3.05, 3.63) is 0 Å². The van der Waals surface area contributed by atoms with Crippen molar-refractivity contribution in [1.82, 2.24) is 15.1 Å². The lowest BCUT2D eigenvalue weighted by molar-refractivity contribution is -0.154. The summed E-state index contributed by atoms with van der Waals surface area (Å²) in [6, 6.07) is -0.282. The lowest BCUT2D eigenvalue weighted by Crippen LogP contribution is -2.25. The summed E-state index contributed by atoms with van der Waals surface area (Å²) >= 11 is 0. The molecule has 22 heavy (non-hydrogen) atoms. The van der Waals surface area contributed by atoms with Crippen LogP contribution in [0.15, 0.2) is 0 Å². The van der Waals surface area contributed by atoms with Gasteiger partial charge in [-0.05, 0) is 12.3 Å². The van der Waals surface area contributed by atoms with Gasteiger partial charge in [0.2, 0.25) is 0 Å². The summed E-state index contributed by atoms with van der Waals surface area (Å²) in [4.78, 5) is 10.2. The zero-order chi connectivity index (χ0) is 15.9. The molecule has 0 aliphatic carbocycles. The van der Waals surface area contributed by atoms with Gasteiger partial charge in [-0.1, -0.05) is 6.92 Å². The number of nitrogens with one attached hydrogen (secondary N) is 2. The lowest BCUT2D eigenvalue weighted by atomic mass is 10.2. The van der Waals surface area contributed by atoms with Crippen LogP contribution in [0.5, 0.6) is 6.01 Å². The summed E-state index contributed by atoms with van der Waals surface area (Å²) < 4.78 is 41.6. The maximum absolute atomic E-state index is 12.3. The standard InChI is InChI=1S/C12H17F3N6O/c1-7-3-4-21(5-7)10-8-9(19-20(2)18-8)16-11(17-10)22-6-12(13,14)15/h7,18H,3-6H2,1-2H3,(H,16,17,19)/t7-/m0/s1. The Morgan fingerprint density at radius 3 is 2.73 bits per heavy atom. The Balaban J connectivity index is 1.88. The van der Waals surface area contributed by atoms with Crippen molar-refractivity contribution in [2.24, 2.45) is 5.92 Å². The predicted octanol–water partition coefficient (Wildman–Crippen LogP) is 1.86. The number of hydrogen-bond acceptors (Lipinski definition) is 7. The average molecular weight is 318 g/mol. The Morgan fingerprint density at radius 2 is 2.09 bits per heavy atom. The van der Waals surface area contributed by atoms with E-state index in [1.807, 2.05) is 4.90 Å². The van der Waals surface area contributed by atoms with Gasteiger partial charge < -0.3 is 9.64 Å². The van der Waals surface area contributed by atoms with Crippen molar-refractivity contribution in [2.75, 3.05) is 42.5 Å². The zero-order valence-corrected chi connectivity index (χ0v) is 12.2. The molecule has 7 nitrogen and oxygen atoms in total. The SMILES string of the molecule is C[C@H]1CCN(c2nc(OCC(F)(F)F)nc3c2NN(C)N3)C1. The Labute approximate surface area is 125 Å². The van der Waals surface area contributed by atoms with Crippen molar-refractivity contribution >= 4 is 17.3 Å². The van der Waals surface area contributed by atoms with E-state index >= 15 is 0 Å². The minimum Gasteiger partial charge on any atom is -0.454 e. The van der Waals surface area contributed by atoms with Gasteiger partial charge >= 0.3 is 12.2 Å². The summed E-state index contributed by atoms with van der Waals surface area (Å²) in [7, 11) is 1.73. The Hall–Kier alpha value is -1.97. The van der Waals surface area contributed by atoms with E-state index in [-0.39, 0.29) is 6.01 Å². The van der Waals surface area contributed by atoms with Gasteiger partial charge in [-0.15, -0.1) is 5.12 Å². The second-order valence-corrected chi connectivity index (χ2v) is 5.58. The van der Waals surface area contributed by atoms with E-state index < -0.39 is 12.8 Å². The minimum absolute atomic E-state index is 0.282. The molecule has 2 aliphatic rings. The Morgan fingerprint density at radius 1 is 1.32 bits per heavy atom. The fourth-order valence-corrected chi connectivity index (χ4v) is 2.53. The number of alkyl halides is 3. The highest BCUT2D eigenvalue weighted by molar-refractivity contribution is 5.80. The van der Waals surface area contributed by atoms with Crippen LogP contribution in [0.25, 0.3) is 0 Å². The molecule has 3 heterocycles. The van der Waals surface area contributed by atoms with Crippen LogP contribution >= 0.6 is 0 Å². The predicted molar refractivity (Wildman–Crippen MR) is 74.6 cm³/mol. The molecule has 1 atom stereocenters. The molecule has 1 fully saturated rings. The highest BCUT2D eigenvalue weighted by atomic mass is 19.4. The van der Waals surface area contributed by atoms with Crippen LogP contribution in [0, 0.1) is 5.92 Å². The summed E-state index contributed by atoms with van der Waals surface area (Å²) in [5.41, 5.74) is 6.58. The van der Waals surface area contributed by atoms with Crippen LogP contribution in [-0.4, -0.2) is 48.0 Å². The van der Waals surface area contributed by atoms with E-state index in [4.69, 9.17) is 4.74 Å². The van der Waals surface area contributed by atoms with Gasteiger partial charge in [-0.25, -0.2) is 0 Å². The van der Waals surface area contributed by atoms with Crippen LogP contribution in [0.3, 0.4) is 0 Å². The molecule has 2 N–H and O–H groups in total. The number of anilines is 3. The highest BCUT2D eigenvalue weighted by Gasteiger charge is 2.32. The van der Waals surface area contributed by atoms with Crippen LogP contribution < -0.4 is 20.5 Å². The number of hydrogen-bond donors (Lipinski definition) is 2. The van der Waals surface area contributed by atoms with Crippen molar-refractivity contribution in [1.29, 1.82) is 0 Å². The van der Waals surface area contributed by atoms with Crippen molar-refractivity contribution < 1.29 is 17.9 Å². The number of halogens is 3. The smallest absolute Gasteiger partial charge is 0.422 e. The molecular weight excluding hydrogens is 301 g/mol. The van der Waals surface area contributed by atoms with Gasteiger partial charge in [0.1, 0.15) is 5.69 Å². The monoisotopic (exact) mass is 318 g/mol. The van der Waals surface area contributed by atoms with Gasteiger partial charge in [-0.2, -0.15) is 23.1 Å². The van der Waals surface area contributed by atoms with Crippen molar-refractivity contribution in [3.8, 4) is 6.01 Å². The molecular formula is C12H17F3N6O. The molecule has 0 unspecified atom stereocenters. The van der Waals surface area contributed by atoms with Gasteiger partial charge in [0.05, 0.1) is 0 Å². The van der Waals surface area contributed by atoms with E-state index in [2.05, 4.69) is 27.7 Å². The summed E-state index contributed by atoms with van der Waals surface area (Å²) in [6.07, 6.45) is -3.41. The van der Waals surface area contributed by atoms with E-state index in [1.54, 1.807) is 12.2 Å². The topological polar surface area (TPSA) is 65.5 Å². The van der Waals surface area contributed by atoms with Crippen LogP contribution in [0.1, 0.15) is 13.3 Å². The minimum atomic E-state index is -4.42. The molecule has 0 spiro atoms. The van der Waals surface area contributed by atoms with Crippen LogP contribution in [0.4, 0.5) is 30.5 Å². The fourth-order valence-electron chi connectivity index (χ4n) is 2.53. The lowest BCUT2D eigenvalue weighted by Gasteiger charge is -2.20. The fraction of sp³-hybridized carbons (Fsp3) is 0.667. The van der Waals surface area contributed by atoms with E-state index in [1.165, 1.54) is 0 Å². The van der Waals surface area contributed by atoms with Crippen molar-refractivity contribution in [3.63, 3.8) is 0 Å². The second kappa shape index (κ2) is 5.34. The molecule has 0 aromatic carbocycles. The number of ether oxygens (including phenoxy) is 1. The molecule has 0 amide bonds. The number of nitrogens with zero attached hydrogens (tertiary/aromatic N) is 4. The average Bonchev–Trinajstić information content (AvgIpc) is 2.99. The van der Waals surface area contributed by atoms with Crippen molar-refractivity contribution in [2.45, 2.75) is 19.5 Å². The van der Waals surface area contributed by atoms with Gasteiger partial charge in [0.25, 0.3) is 0 Å². The molecule has 0 bridgehead atoms. The third-order valence-corrected chi connectivity index (χ3v) is 3.51. The third-order valence-electron chi connectivity index (χ3n) is 3.51. The number of rotatable bonds is 3. The van der Waals surface area contributed by atoms with E-state index in [9.17, 15) is 13.2 Å². The summed E-state index contributed by atoms with van der Waals surface area (Å²) in [5.74, 6) is 1.48. The Kier molecular flexibility index (Phi) is 3.63. The Bertz CT molecular complexity index is 567. The quantitative estimate of drug-likeness (QED) is 0.882. The molecule has 1 aromatic heterocycles. The van der Waals surface area contributed by atoms with Gasteiger partial charge in [-0.3, -0.25) is 10.9 Å². The number of fused-ring (bicyclic) bond motifs is 1. The van der Waals surface area contributed by atoms with Gasteiger partial charge in [0, 0.05) is 20.1 Å². The van der Waals surface area contributed by atoms with Crippen LogP contribution in [-0.2, 0) is 0 Å². The molecule has 2 aliphatic heterocycles. The molecule has 1 saturated heterocycles. The van der Waals surface area contributed by atoms with Crippen LogP contribution in [0.2, 0.25) is 0 Å². The third kappa shape index (κ3) is 3.11. The molecule has 0 radical (unpaired) electrons. The normalized spacial score (nSPS) is 21.5. The molecule has 1 aromatic rings. The number of hydrazine groups is 2.